The van der Waals surface area contributed by atoms with Gasteiger partial charge in [0.25, 0.3) is 0 Å². The highest BCUT2D eigenvalue weighted by Crippen LogP contribution is 2.31. The Morgan fingerprint density at radius 1 is 1.44 bits per heavy atom. The molecule has 1 aliphatic carbocycles. The van der Waals surface area contributed by atoms with E-state index >= 15 is 0 Å². The summed E-state index contributed by atoms with van der Waals surface area (Å²) >= 11 is 0. The van der Waals surface area contributed by atoms with Crippen LogP contribution in [0.5, 0.6) is 5.75 Å². The van der Waals surface area contributed by atoms with Gasteiger partial charge in [-0.3, -0.25) is 0 Å². The molecule has 1 saturated carbocycles. The predicted molar refractivity (Wildman–Crippen MR) is 63.4 cm³/mol. The number of hydrogen-bond donors (Lipinski definition) is 2. The zero-order valence-electron chi connectivity index (χ0n) is 9.73. The number of nitrogen functional groups attached to an aromatic ring is 1. The number of rotatable bonds is 3. The number of methoxy groups -OCH3 is 1. The summed E-state index contributed by atoms with van der Waals surface area (Å²) in [5.74, 6) is 2.41. The molecule has 88 valence electrons. The third-order valence-electron chi connectivity index (χ3n) is 3.07. The summed E-state index contributed by atoms with van der Waals surface area (Å²) in [4.78, 5) is 8.07. The average molecular weight is 222 g/mol. The zero-order chi connectivity index (χ0) is 11.5. The van der Waals surface area contributed by atoms with Crippen molar-refractivity contribution in [3.63, 3.8) is 0 Å². The van der Waals surface area contributed by atoms with Gasteiger partial charge >= 0.3 is 0 Å². The fourth-order valence-electron chi connectivity index (χ4n) is 2.22. The van der Waals surface area contributed by atoms with Crippen LogP contribution in [0.4, 0.5) is 11.6 Å². The molecular formula is C11H18N4O. The lowest BCUT2D eigenvalue weighted by molar-refractivity contribution is 0.414. The first-order chi connectivity index (χ1) is 7.70. The van der Waals surface area contributed by atoms with Crippen LogP contribution in [0.25, 0.3) is 0 Å². The maximum absolute atomic E-state index is 5.72. The van der Waals surface area contributed by atoms with Gasteiger partial charge in [0.2, 0.25) is 5.75 Å². The van der Waals surface area contributed by atoms with E-state index in [4.69, 9.17) is 10.5 Å². The van der Waals surface area contributed by atoms with E-state index in [1.165, 1.54) is 25.6 Å². The minimum absolute atomic E-state index is 0.381. The minimum atomic E-state index is 0.381. The fourth-order valence-corrected chi connectivity index (χ4v) is 2.22. The van der Waals surface area contributed by atoms with E-state index in [1.54, 1.807) is 7.11 Å². The third-order valence-corrected chi connectivity index (χ3v) is 3.07. The van der Waals surface area contributed by atoms with E-state index in [1.807, 2.05) is 0 Å². The van der Waals surface area contributed by atoms with E-state index in [9.17, 15) is 0 Å². The zero-order valence-corrected chi connectivity index (χ0v) is 9.73. The number of hydrogen-bond acceptors (Lipinski definition) is 5. The summed E-state index contributed by atoms with van der Waals surface area (Å²) in [6.45, 7) is 2.27. The Hall–Kier alpha value is -1.52. The lowest BCUT2D eigenvalue weighted by Gasteiger charge is -2.15. The molecule has 0 spiro atoms. The Morgan fingerprint density at radius 3 is 2.88 bits per heavy atom. The lowest BCUT2D eigenvalue weighted by atomic mass is 10.1. The summed E-state index contributed by atoms with van der Waals surface area (Å²) in [5, 5.41) is 3.38. The van der Waals surface area contributed by atoms with Gasteiger partial charge in [-0.25, -0.2) is 9.97 Å². The molecule has 1 aliphatic rings. The van der Waals surface area contributed by atoms with Gasteiger partial charge in [0.15, 0.2) is 11.6 Å². The maximum Gasteiger partial charge on any atom is 0.203 e. The molecule has 2 unspecified atom stereocenters. The van der Waals surface area contributed by atoms with Crippen molar-refractivity contribution >= 4 is 11.6 Å². The molecule has 1 heterocycles. The monoisotopic (exact) mass is 222 g/mol. The Morgan fingerprint density at radius 2 is 2.25 bits per heavy atom. The molecule has 0 aromatic carbocycles. The Bertz CT molecular complexity index is 369. The molecule has 1 aromatic rings. The molecule has 2 rings (SSSR count). The molecular weight excluding hydrogens is 204 g/mol. The number of nitrogens with two attached hydrogens (primary N) is 1. The fraction of sp³-hybridized carbons (Fsp3) is 0.636. The van der Waals surface area contributed by atoms with Crippen molar-refractivity contribution in [3.8, 4) is 5.75 Å². The van der Waals surface area contributed by atoms with Gasteiger partial charge in [-0.1, -0.05) is 6.92 Å². The van der Waals surface area contributed by atoms with Crippen molar-refractivity contribution in [2.24, 2.45) is 5.92 Å². The summed E-state index contributed by atoms with van der Waals surface area (Å²) in [7, 11) is 1.58. The lowest BCUT2D eigenvalue weighted by Crippen LogP contribution is -2.17. The first kappa shape index (κ1) is 11.0. The van der Waals surface area contributed by atoms with Crippen molar-refractivity contribution in [3.05, 3.63) is 6.33 Å². The Labute approximate surface area is 95.4 Å². The van der Waals surface area contributed by atoms with Crippen LogP contribution in [0.3, 0.4) is 0 Å². The largest absolute Gasteiger partial charge is 0.490 e. The van der Waals surface area contributed by atoms with Crippen LogP contribution in [0.15, 0.2) is 6.33 Å². The summed E-state index contributed by atoms with van der Waals surface area (Å²) in [6, 6.07) is 0.471. The number of aromatic nitrogens is 2. The highest BCUT2D eigenvalue weighted by molar-refractivity contribution is 5.61. The number of anilines is 2. The van der Waals surface area contributed by atoms with E-state index < -0.39 is 0 Å². The molecule has 3 N–H and O–H groups in total. The van der Waals surface area contributed by atoms with Crippen molar-refractivity contribution in [2.45, 2.75) is 32.2 Å². The van der Waals surface area contributed by atoms with Gasteiger partial charge in [-0.15, -0.1) is 0 Å². The molecule has 16 heavy (non-hydrogen) atoms. The Kier molecular flexibility index (Phi) is 3.12. The number of nitrogens with zero attached hydrogens (tertiary/aromatic N) is 2. The Balaban J connectivity index is 2.12. The minimum Gasteiger partial charge on any atom is -0.490 e. The maximum atomic E-state index is 5.72. The van der Waals surface area contributed by atoms with Gasteiger partial charge in [0.05, 0.1) is 7.11 Å². The van der Waals surface area contributed by atoms with Gasteiger partial charge in [-0.05, 0) is 25.2 Å². The molecule has 0 saturated heterocycles. The number of ether oxygens (including phenoxy) is 1. The van der Waals surface area contributed by atoms with Crippen LogP contribution in [-0.4, -0.2) is 23.1 Å². The van der Waals surface area contributed by atoms with Gasteiger partial charge < -0.3 is 15.8 Å². The normalized spacial score (nSPS) is 24.4. The second-order valence-electron chi connectivity index (χ2n) is 4.40. The highest BCUT2D eigenvalue weighted by Gasteiger charge is 2.22. The topological polar surface area (TPSA) is 73.1 Å². The molecule has 0 radical (unpaired) electrons. The van der Waals surface area contributed by atoms with Crippen LogP contribution < -0.4 is 15.8 Å². The van der Waals surface area contributed by atoms with Gasteiger partial charge in [-0.2, -0.15) is 0 Å². The summed E-state index contributed by atoms with van der Waals surface area (Å²) < 4.78 is 5.20. The van der Waals surface area contributed by atoms with Crippen molar-refractivity contribution in [1.82, 2.24) is 9.97 Å². The summed E-state index contributed by atoms with van der Waals surface area (Å²) in [6.07, 6.45) is 5.07. The van der Waals surface area contributed by atoms with E-state index in [0.29, 0.717) is 23.4 Å². The van der Waals surface area contributed by atoms with Crippen molar-refractivity contribution < 1.29 is 4.74 Å². The van der Waals surface area contributed by atoms with Crippen molar-refractivity contribution in [1.29, 1.82) is 0 Å². The number of nitrogens with one attached hydrogen (secondary N) is 1. The first-order valence-electron chi connectivity index (χ1n) is 5.61. The van der Waals surface area contributed by atoms with Crippen LogP contribution in [0.1, 0.15) is 26.2 Å². The van der Waals surface area contributed by atoms with Gasteiger partial charge in [0.1, 0.15) is 6.33 Å². The predicted octanol–water partition coefficient (Wildman–Crippen LogP) is 1.67. The van der Waals surface area contributed by atoms with Crippen LogP contribution >= 0.6 is 0 Å². The second kappa shape index (κ2) is 4.55. The van der Waals surface area contributed by atoms with Crippen LogP contribution in [0, 0.1) is 5.92 Å². The molecule has 0 amide bonds. The molecule has 0 bridgehead atoms. The van der Waals surface area contributed by atoms with Gasteiger partial charge in [0, 0.05) is 6.04 Å². The SMILES string of the molecule is COc1c(N)ncnc1NC1CCC(C)C1. The third kappa shape index (κ3) is 2.18. The van der Waals surface area contributed by atoms with Crippen molar-refractivity contribution in [2.75, 3.05) is 18.2 Å². The second-order valence-corrected chi connectivity index (χ2v) is 4.40. The highest BCUT2D eigenvalue weighted by atomic mass is 16.5. The standard InChI is InChI=1S/C11H18N4O/c1-7-3-4-8(5-7)15-11-9(16-2)10(12)13-6-14-11/h6-8H,3-5H2,1-2H3,(H3,12,13,14,15). The molecule has 1 aromatic heterocycles. The molecule has 2 atom stereocenters. The molecule has 5 heteroatoms. The van der Waals surface area contributed by atoms with E-state index in [-0.39, 0.29) is 0 Å². The average Bonchev–Trinajstić information content (AvgIpc) is 2.64. The smallest absolute Gasteiger partial charge is 0.203 e. The molecule has 1 fully saturated rings. The van der Waals surface area contributed by atoms with E-state index in [2.05, 4.69) is 22.2 Å². The quantitative estimate of drug-likeness (QED) is 0.813. The van der Waals surface area contributed by atoms with Crippen LogP contribution in [-0.2, 0) is 0 Å². The first-order valence-corrected chi connectivity index (χ1v) is 5.61. The summed E-state index contributed by atoms with van der Waals surface area (Å²) in [5.41, 5.74) is 5.72. The van der Waals surface area contributed by atoms with E-state index in [0.717, 1.165) is 5.92 Å². The molecule has 5 nitrogen and oxygen atoms in total. The molecule has 0 aliphatic heterocycles. The van der Waals surface area contributed by atoms with Crippen LogP contribution in [0.2, 0.25) is 0 Å².